The fourth-order valence-electron chi connectivity index (χ4n) is 3.93. The Kier molecular flexibility index (Phi) is 9.84. The molecule has 1 heterocycles. The Labute approximate surface area is 222 Å². The van der Waals surface area contributed by atoms with Gasteiger partial charge in [0, 0.05) is 26.0 Å². The molecule has 0 unspecified atom stereocenters. The van der Waals surface area contributed by atoms with Crippen LogP contribution in [0.5, 0.6) is 0 Å². The average molecular weight is 559 g/mol. The molecule has 0 saturated heterocycles. The van der Waals surface area contributed by atoms with E-state index in [1.54, 1.807) is 0 Å². The summed E-state index contributed by atoms with van der Waals surface area (Å²) in [4.78, 5) is 11.3. The highest BCUT2D eigenvalue weighted by Crippen LogP contribution is 2.31. The number of aromatic nitrogens is 2. The molecule has 0 atom stereocenters. The molecular formula is C24H30Cl3N5O2S. The van der Waals surface area contributed by atoms with Gasteiger partial charge < -0.3 is 10.2 Å². The molecule has 0 amide bonds. The van der Waals surface area contributed by atoms with Crippen LogP contribution in [0, 0.1) is 5.92 Å². The molecule has 190 valence electrons. The standard InChI is InChI=1S/C17H24N4.C7H6Cl3NO2S/c1-21(2)16-14-10-6-7-11-15(14)19-17(20-16)18-12-13-8-4-3-5-9-13;1-11-14(12,13)7-3-5(9)4(8)2-6(7)10/h6-7,10-11,13H,3-5,8-9,12H2,1-2H3,(H,18,19,20);2-3,11H,1H3. The van der Waals surface area contributed by atoms with Gasteiger partial charge in [0.1, 0.15) is 10.7 Å². The van der Waals surface area contributed by atoms with Crippen molar-refractivity contribution in [1.29, 1.82) is 0 Å². The maximum atomic E-state index is 11.4. The molecule has 0 radical (unpaired) electrons. The molecule has 1 aromatic heterocycles. The molecule has 0 bridgehead atoms. The van der Waals surface area contributed by atoms with E-state index in [9.17, 15) is 8.42 Å². The molecule has 35 heavy (non-hydrogen) atoms. The van der Waals surface area contributed by atoms with E-state index in [-0.39, 0.29) is 20.0 Å². The van der Waals surface area contributed by atoms with E-state index in [1.165, 1.54) is 51.3 Å². The number of para-hydroxylation sites is 1. The van der Waals surface area contributed by atoms with Crippen molar-refractivity contribution in [3.05, 3.63) is 51.5 Å². The van der Waals surface area contributed by atoms with Crippen LogP contribution >= 0.6 is 34.8 Å². The van der Waals surface area contributed by atoms with Crippen molar-refractivity contribution in [2.45, 2.75) is 37.0 Å². The molecule has 0 aliphatic heterocycles. The lowest BCUT2D eigenvalue weighted by atomic mass is 9.89. The number of halogens is 3. The molecule has 1 fully saturated rings. The quantitative estimate of drug-likeness (QED) is 0.348. The molecule has 1 aliphatic rings. The number of nitrogens with one attached hydrogen (secondary N) is 2. The number of sulfonamides is 1. The van der Waals surface area contributed by atoms with Gasteiger partial charge in [-0.05, 0) is 50.1 Å². The second-order valence-corrected chi connectivity index (χ2v) is 11.6. The SMILES string of the molecule is CN(C)c1nc(NCC2CCCCC2)nc2ccccc12.CNS(=O)(=O)c1cc(Cl)c(Cl)cc1Cl. The molecule has 2 N–H and O–H groups in total. The third-order valence-corrected chi connectivity index (χ3v) is 8.41. The Balaban J connectivity index is 0.000000214. The molecule has 11 heteroatoms. The predicted molar refractivity (Wildman–Crippen MR) is 147 cm³/mol. The molecule has 0 spiro atoms. The zero-order valence-electron chi connectivity index (χ0n) is 20.0. The van der Waals surface area contributed by atoms with E-state index in [1.807, 2.05) is 26.2 Å². The lowest BCUT2D eigenvalue weighted by Crippen LogP contribution is -2.19. The second kappa shape index (κ2) is 12.4. The minimum Gasteiger partial charge on any atom is -0.362 e. The van der Waals surface area contributed by atoms with Crippen LogP contribution in [0.1, 0.15) is 32.1 Å². The van der Waals surface area contributed by atoms with Crippen molar-refractivity contribution < 1.29 is 8.42 Å². The summed E-state index contributed by atoms with van der Waals surface area (Å²) in [5, 5.41) is 4.95. The smallest absolute Gasteiger partial charge is 0.241 e. The summed E-state index contributed by atoms with van der Waals surface area (Å²) in [6.07, 6.45) is 6.80. The van der Waals surface area contributed by atoms with Gasteiger partial charge in [0.05, 0.1) is 20.6 Å². The Morgan fingerprint density at radius 2 is 1.63 bits per heavy atom. The third-order valence-electron chi connectivity index (χ3n) is 5.81. The molecule has 2 aromatic carbocycles. The number of nitrogens with zero attached hydrogens (tertiary/aromatic N) is 3. The van der Waals surface area contributed by atoms with Gasteiger partial charge in [-0.3, -0.25) is 0 Å². The molecule has 3 aromatic rings. The average Bonchev–Trinajstić information content (AvgIpc) is 2.85. The molecular weight excluding hydrogens is 529 g/mol. The topological polar surface area (TPSA) is 87.2 Å². The lowest BCUT2D eigenvalue weighted by Gasteiger charge is -2.22. The number of fused-ring (bicyclic) bond motifs is 1. The summed E-state index contributed by atoms with van der Waals surface area (Å²) >= 11 is 17.0. The van der Waals surface area contributed by atoms with Gasteiger partial charge in [0.2, 0.25) is 16.0 Å². The number of hydrogen-bond acceptors (Lipinski definition) is 6. The third kappa shape index (κ3) is 7.33. The summed E-state index contributed by atoms with van der Waals surface area (Å²) < 4.78 is 24.9. The Bertz CT molecular complexity index is 1270. The minimum absolute atomic E-state index is 0.0359. The first kappa shape index (κ1) is 27.7. The van der Waals surface area contributed by atoms with Crippen LogP contribution in [-0.4, -0.2) is 46.1 Å². The second-order valence-electron chi connectivity index (χ2n) is 8.57. The van der Waals surface area contributed by atoms with Crippen molar-refractivity contribution in [2.24, 2.45) is 5.92 Å². The Morgan fingerprint density at radius 3 is 2.29 bits per heavy atom. The number of hydrogen-bond donors (Lipinski definition) is 2. The first-order valence-electron chi connectivity index (χ1n) is 11.4. The lowest BCUT2D eigenvalue weighted by molar-refractivity contribution is 0.373. The van der Waals surface area contributed by atoms with E-state index < -0.39 is 10.0 Å². The molecule has 1 saturated carbocycles. The van der Waals surface area contributed by atoms with Crippen molar-refractivity contribution in [1.82, 2.24) is 14.7 Å². The van der Waals surface area contributed by atoms with Crippen LogP contribution in [-0.2, 0) is 10.0 Å². The Morgan fingerprint density at radius 1 is 0.971 bits per heavy atom. The normalized spacial score (nSPS) is 14.3. The van der Waals surface area contributed by atoms with Crippen LogP contribution in [0.15, 0.2) is 41.3 Å². The van der Waals surface area contributed by atoms with Crippen molar-refractivity contribution in [3.8, 4) is 0 Å². The summed E-state index contributed by atoms with van der Waals surface area (Å²) in [5.41, 5.74) is 1.00. The highest BCUT2D eigenvalue weighted by molar-refractivity contribution is 7.89. The zero-order chi connectivity index (χ0) is 25.6. The van der Waals surface area contributed by atoms with Gasteiger partial charge >= 0.3 is 0 Å². The monoisotopic (exact) mass is 557 g/mol. The van der Waals surface area contributed by atoms with E-state index in [0.717, 1.165) is 35.1 Å². The first-order chi connectivity index (χ1) is 16.6. The maximum Gasteiger partial charge on any atom is 0.241 e. The maximum absolute atomic E-state index is 11.4. The van der Waals surface area contributed by atoms with Crippen LogP contribution in [0.2, 0.25) is 15.1 Å². The van der Waals surface area contributed by atoms with E-state index in [2.05, 4.69) is 37.0 Å². The van der Waals surface area contributed by atoms with Crippen LogP contribution in [0.25, 0.3) is 10.9 Å². The number of benzene rings is 2. The number of rotatable bonds is 6. The van der Waals surface area contributed by atoms with Crippen LogP contribution in [0.4, 0.5) is 11.8 Å². The van der Waals surface area contributed by atoms with Crippen molar-refractivity contribution >= 4 is 67.5 Å². The summed E-state index contributed by atoms with van der Waals surface area (Å²) in [6.45, 7) is 0.991. The van der Waals surface area contributed by atoms with Gasteiger partial charge in [-0.25, -0.2) is 18.1 Å². The molecule has 7 nitrogen and oxygen atoms in total. The van der Waals surface area contributed by atoms with Gasteiger partial charge in [-0.1, -0.05) is 66.2 Å². The van der Waals surface area contributed by atoms with E-state index in [0.29, 0.717) is 0 Å². The highest BCUT2D eigenvalue weighted by Gasteiger charge is 2.18. The predicted octanol–water partition coefficient (Wildman–Crippen LogP) is 6.24. The van der Waals surface area contributed by atoms with Crippen molar-refractivity contribution in [2.75, 3.05) is 37.9 Å². The van der Waals surface area contributed by atoms with E-state index in [4.69, 9.17) is 34.8 Å². The first-order valence-corrected chi connectivity index (χ1v) is 14.0. The van der Waals surface area contributed by atoms with Gasteiger partial charge in [0.15, 0.2) is 0 Å². The van der Waals surface area contributed by atoms with Gasteiger partial charge in [-0.15, -0.1) is 0 Å². The fraction of sp³-hybridized carbons (Fsp3) is 0.417. The van der Waals surface area contributed by atoms with Crippen molar-refractivity contribution in [3.63, 3.8) is 0 Å². The fourth-order valence-corrected chi connectivity index (χ4v) is 5.65. The molecule has 4 rings (SSSR count). The highest BCUT2D eigenvalue weighted by atomic mass is 35.5. The minimum atomic E-state index is -3.59. The largest absolute Gasteiger partial charge is 0.362 e. The van der Waals surface area contributed by atoms with Gasteiger partial charge in [0.25, 0.3) is 0 Å². The summed E-state index contributed by atoms with van der Waals surface area (Å²) in [5.74, 6) is 2.51. The van der Waals surface area contributed by atoms with Crippen LogP contribution < -0.4 is 14.9 Å². The van der Waals surface area contributed by atoms with Crippen LogP contribution in [0.3, 0.4) is 0 Å². The number of anilines is 2. The van der Waals surface area contributed by atoms with Gasteiger partial charge in [-0.2, -0.15) is 4.98 Å². The van der Waals surface area contributed by atoms with E-state index >= 15 is 0 Å². The molecule has 1 aliphatic carbocycles. The summed E-state index contributed by atoms with van der Waals surface area (Å²) in [6, 6.07) is 10.7. The zero-order valence-corrected chi connectivity index (χ0v) is 23.1. The Hall–Kier alpha value is -1.84. The summed E-state index contributed by atoms with van der Waals surface area (Å²) in [7, 11) is 1.75.